The Morgan fingerprint density at radius 3 is 2.18 bits per heavy atom. The van der Waals surface area contributed by atoms with Gasteiger partial charge in [0.1, 0.15) is 54.9 Å². The van der Waals surface area contributed by atoms with E-state index in [9.17, 15) is 40.5 Å². The Hall–Kier alpha value is -1.74. The minimum Gasteiger partial charge on any atom is -0.459 e. The summed E-state index contributed by atoms with van der Waals surface area (Å²) >= 11 is 0. The molecule has 0 spiro atoms. The van der Waals surface area contributed by atoms with Crippen molar-refractivity contribution in [1.82, 2.24) is 10.6 Å². The average Bonchev–Trinajstić information content (AvgIpc) is 3.44. The molecule has 0 aromatic carbocycles. The van der Waals surface area contributed by atoms with E-state index in [1.165, 1.54) is 14.0 Å². The fraction of sp³-hybridized carbons (Fsp3) is 0.909. The van der Waals surface area contributed by atoms with Gasteiger partial charge in [-0.1, -0.05) is 0 Å². The van der Waals surface area contributed by atoms with Crippen molar-refractivity contribution in [2.75, 3.05) is 26.9 Å². The van der Waals surface area contributed by atoms with Crippen LogP contribution in [0.5, 0.6) is 0 Å². The fourth-order valence-corrected chi connectivity index (χ4v) is 5.52. The summed E-state index contributed by atoms with van der Waals surface area (Å²) in [5, 5.41) is 77.5. The molecular formula is C22H38N4O13. The highest BCUT2D eigenvalue weighted by molar-refractivity contribution is 5.76. The number of aliphatic hydroxyl groups is 7. The van der Waals surface area contributed by atoms with E-state index in [2.05, 4.69) is 15.6 Å². The number of aliphatic imine (C=N–C) groups is 1. The maximum absolute atomic E-state index is 11.7. The topological polar surface area (TPSA) is 267 Å². The molecule has 4 aliphatic rings. The summed E-state index contributed by atoms with van der Waals surface area (Å²) in [6.45, 7) is -0.618. The number of hydrogen-bond acceptors (Lipinski definition) is 15. The lowest BCUT2D eigenvalue weighted by atomic mass is 9.95. The Labute approximate surface area is 223 Å². The number of aliphatic hydroxyl groups excluding tert-OH is 7. The third-order valence-electron chi connectivity index (χ3n) is 7.59. The van der Waals surface area contributed by atoms with E-state index >= 15 is 0 Å². The molecule has 0 bridgehead atoms. The van der Waals surface area contributed by atoms with Crippen LogP contribution < -0.4 is 16.4 Å². The highest BCUT2D eigenvalue weighted by Crippen LogP contribution is 2.37. The van der Waals surface area contributed by atoms with Crippen molar-refractivity contribution in [2.24, 2.45) is 16.6 Å². The maximum Gasteiger partial charge on any atom is 0.285 e. The first-order valence-corrected chi connectivity index (χ1v) is 12.7. The predicted octanol–water partition coefficient (Wildman–Crippen LogP) is -6.57. The van der Waals surface area contributed by atoms with Gasteiger partial charge in [-0.25, -0.2) is 4.99 Å². The van der Waals surface area contributed by atoms with Crippen molar-refractivity contribution in [1.29, 1.82) is 0 Å². The normalized spacial score (nSPS) is 48.9. The zero-order chi connectivity index (χ0) is 28.6. The SMILES string of the molecule is CN=C1N[C@@H]2[C@@H](O)[C@H](O[C@@H]3O[C@H](CO)[C@@H](O[C@@H]4O[C@H](CO)[C@@H](O)[C@@H](O)[C@H]4NC(C)=O)[C@@H](O)[C@H]3N)[C@@H](CO)[C@@H]2O1. The quantitative estimate of drug-likeness (QED) is 0.131. The summed E-state index contributed by atoms with van der Waals surface area (Å²) in [6, 6.07) is -3.01. The Kier molecular flexibility index (Phi) is 9.62. The van der Waals surface area contributed by atoms with Gasteiger partial charge in [0.05, 0.1) is 43.9 Å². The number of nitrogens with one attached hydrogen (secondary N) is 2. The Balaban J connectivity index is 1.48. The van der Waals surface area contributed by atoms with Gasteiger partial charge in [0.25, 0.3) is 6.02 Å². The lowest BCUT2D eigenvalue weighted by molar-refractivity contribution is -0.337. The zero-order valence-electron chi connectivity index (χ0n) is 21.4. The number of hydrogen-bond donors (Lipinski definition) is 10. The molecule has 0 unspecified atom stereocenters. The number of amidine groups is 1. The molecule has 3 aliphatic heterocycles. The van der Waals surface area contributed by atoms with Gasteiger partial charge in [0, 0.05) is 14.0 Å². The van der Waals surface area contributed by atoms with Gasteiger partial charge < -0.3 is 75.8 Å². The summed E-state index contributed by atoms with van der Waals surface area (Å²) in [5.74, 6) is -1.28. The van der Waals surface area contributed by atoms with Gasteiger partial charge in [-0.3, -0.25) is 4.79 Å². The number of ether oxygens (including phenoxy) is 5. The van der Waals surface area contributed by atoms with E-state index in [0.717, 1.165) is 0 Å². The second-order valence-corrected chi connectivity index (χ2v) is 10.0. The summed E-state index contributed by atoms with van der Waals surface area (Å²) in [6.07, 6.45) is -14.3. The standard InChI is InChI=1S/C22H38N4O13/c1-6(30)25-12-15(33)13(31)8(4-28)35-21(12)38-19-9(5-29)36-20(10(23)14(19)32)37-18-7(3-27)17-11(16(18)34)26-22(24-2)39-17/h7-21,27-29,31-34H,3-5,23H2,1-2H3,(H,24,26)(H,25,30)/t7-,8+,9+,10+,11+,12+,13+,14-,15-,16+,17-,18+,19+,20-,21-/m0/s1. The van der Waals surface area contributed by atoms with Gasteiger partial charge in [-0.2, -0.15) is 0 Å². The van der Waals surface area contributed by atoms with E-state index in [-0.39, 0.29) is 6.02 Å². The summed E-state index contributed by atoms with van der Waals surface area (Å²) in [4.78, 5) is 15.6. The first-order chi connectivity index (χ1) is 18.6. The molecule has 1 saturated carbocycles. The number of amides is 1. The smallest absolute Gasteiger partial charge is 0.285 e. The first-order valence-electron chi connectivity index (χ1n) is 12.7. The summed E-state index contributed by atoms with van der Waals surface area (Å²) in [7, 11) is 1.50. The molecule has 15 atom stereocenters. The van der Waals surface area contributed by atoms with E-state index in [1.807, 2.05) is 0 Å². The van der Waals surface area contributed by atoms with Crippen LogP contribution in [0.4, 0.5) is 0 Å². The Morgan fingerprint density at radius 1 is 0.949 bits per heavy atom. The third-order valence-corrected chi connectivity index (χ3v) is 7.59. The molecule has 0 radical (unpaired) electrons. The first kappa shape index (κ1) is 30.2. The molecule has 4 fully saturated rings. The largest absolute Gasteiger partial charge is 0.459 e. The monoisotopic (exact) mass is 566 g/mol. The highest BCUT2D eigenvalue weighted by atomic mass is 16.7. The highest BCUT2D eigenvalue weighted by Gasteiger charge is 2.58. The number of carbonyl (C=O) groups is 1. The number of nitrogens with two attached hydrogens (primary N) is 1. The van der Waals surface area contributed by atoms with Crippen molar-refractivity contribution in [3.63, 3.8) is 0 Å². The van der Waals surface area contributed by atoms with Gasteiger partial charge in [-0.05, 0) is 0 Å². The van der Waals surface area contributed by atoms with E-state index in [0.29, 0.717) is 0 Å². The fourth-order valence-electron chi connectivity index (χ4n) is 5.52. The van der Waals surface area contributed by atoms with Crippen LogP contribution in [0.15, 0.2) is 4.99 Å². The van der Waals surface area contributed by atoms with Crippen molar-refractivity contribution >= 4 is 11.9 Å². The molecule has 39 heavy (non-hydrogen) atoms. The maximum atomic E-state index is 11.7. The van der Waals surface area contributed by atoms with Crippen molar-refractivity contribution in [3.8, 4) is 0 Å². The third kappa shape index (κ3) is 5.72. The summed E-state index contributed by atoms with van der Waals surface area (Å²) in [5.41, 5.74) is 6.21. The van der Waals surface area contributed by atoms with Crippen LogP contribution in [0.1, 0.15) is 6.92 Å². The molecule has 0 aromatic rings. The van der Waals surface area contributed by atoms with Crippen LogP contribution in [0, 0.1) is 5.92 Å². The molecule has 11 N–H and O–H groups in total. The van der Waals surface area contributed by atoms with Crippen molar-refractivity contribution in [2.45, 2.75) is 92.6 Å². The van der Waals surface area contributed by atoms with Gasteiger partial charge in [0.15, 0.2) is 12.6 Å². The number of nitrogens with zero attached hydrogens (tertiary/aromatic N) is 1. The molecule has 1 aliphatic carbocycles. The lowest BCUT2D eigenvalue weighted by Crippen LogP contribution is -2.68. The molecule has 1 amide bonds. The van der Waals surface area contributed by atoms with Crippen molar-refractivity contribution in [3.05, 3.63) is 0 Å². The Bertz CT molecular complexity index is 883. The summed E-state index contributed by atoms with van der Waals surface area (Å²) < 4.78 is 28.7. The predicted molar refractivity (Wildman–Crippen MR) is 127 cm³/mol. The minimum absolute atomic E-state index is 0.214. The molecule has 3 saturated heterocycles. The van der Waals surface area contributed by atoms with Gasteiger partial charge >= 0.3 is 0 Å². The molecule has 0 aromatic heterocycles. The Morgan fingerprint density at radius 2 is 1.59 bits per heavy atom. The lowest BCUT2D eigenvalue weighted by Gasteiger charge is -2.47. The van der Waals surface area contributed by atoms with E-state index in [1.54, 1.807) is 0 Å². The van der Waals surface area contributed by atoms with Crippen LogP contribution in [0.3, 0.4) is 0 Å². The molecule has 17 nitrogen and oxygen atoms in total. The average molecular weight is 567 g/mol. The van der Waals surface area contributed by atoms with Crippen LogP contribution in [0.25, 0.3) is 0 Å². The minimum atomic E-state index is -1.60. The second-order valence-electron chi connectivity index (χ2n) is 10.0. The molecule has 4 rings (SSSR count). The molecular weight excluding hydrogens is 528 g/mol. The van der Waals surface area contributed by atoms with Crippen LogP contribution in [-0.4, -0.2) is 160 Å². The molecule has 3 heterocycles. The van der Waals surface area contributed by atoms with Crippen LogP contribution in [0.2, 0.25) is 0 Å². The number of rotatable bonds is 8. The van der Waals surface area contributed by atoms with Gasteiger partial charge in [-0.15, -0.1) is 0 Å². The van der Waals surface area contributed by atoms with E-state index in [4.69, 9.17) is 29.4 Å². The van der Waals surface area contributed by atoms with Crippen LogP contribution in [-0.2, 0) is 28.5 Å². The molecule has 224 valence electrons. The van der Waals surface area contributed by atoms with Gasteiger partial charge in [0.2, 0.25) is 5.91 Å². The number of fused-ring (bicyclic) bond motifs is 1. The molecule has 17 heteroatoms. The van der Waals surface area contributed by atoms with Crippen LogP contribution >= 0.6 is 0 Å². The number of carbonyl (C=O) groups excluding carboxylic acids is 1. The van der Waals surface area contributed by atoms with Crippen molar-refractivity contribution < 1.29 is 64.2 Å². The zero-order valence-corrected chi connectivity index (χ0v) is 21.4. The second kappa shape index (κ2) is 12.4. The van der Waals surface area contributed by atoms with E-state index < -0.39 is 117 Å².